The molecule has 2 saturated heterocycles. The number of fused-ring (bicyclic) bond motifs is 1. The minimum atomic E-state index is 0.150. The number of rotatable bonds is 4. The van der Waals surface area contributed by atoms with Crippen LogP contribution in [0.1, 0.15) is 43.2 Å². The van der Waals surface area contributed by atoms with Gasteiger partial charge in [-0.05, 0) is 37.8 Å². The van der Waals surface area contributed by atoms with Gasteiger partial charge in [-0.1, -0.05) is 12.1 Å². The second-order valence-corrected chi connectivity index (χ2v) is 7.55. The van der Waals surface area contributed by atoms with Crippen LogP contribution in [0.3, 0.4) is 0 Å². The third kappa shape index (κ3) is 3.31. The molecule has 1 amide bonds. The summed E-state index contributed by atoms with van der Waals surface area (Å²) in [5.41, 5.74) is 1.04. The summed E-state index contributed by atoms with van der Waals surface area (Å²) in [4.78, 5) is 25.1. The van der Waals surface area contributed by atoms with Gasteiger partial charge in [0.15, 0.2) is 0 Å². The number of hydroxylamine groups is 2. The number of amides is 1. The van der Waals surface area contributed by atoms with Crippen LogP contribution in [-0.4, -0.2) is 47.1 Å². The number of nitrogens with zero attached hydrogens (tertiary/aromatic N) is 3. The van der Waals surface area contributed by atoms with Crippen molar-refractivity contribution in [2.75, 3.05) is 26.2 Å². The van der Waals surface area contributed by atoms with Gasteiger partial charge in [-0.25, -0.2) is 4.98 Å². The van der Waals surface area contributed by atoms with Crippen molar-refractivity contribution < 1.29 is 9.63 Å². The number of para-hydroxylation sites is 1. The van der Waals surface area contributed by atoms with E-state index in [4.69, 9.17) is 9.82 Å². The van der Waals surface area contributed by atoms with Crippen molar-refractivity contribution >= 4 is 27.5 Å². The lowest BCUT2D eigenvalue weighted by Crippen LogP contribution is -2.36. The number of aromatic nitrogens is 1. The van der Waals surface area contributed by atoms with Crippen LogP contribution >= 0.6 is 11.3 Å². The van der Waals surface area contributed by atoms with Crippen LogP contribution in [0, 0.1) is 0 Å². The molecular weight excluding hydrogens is 322 g/mol. The highest BCUT2D eigenvalue weighted by atomic mass is 32.1. The van der Waals surface area contributed by atoms with Crippen molar-refractivity contribution in [3.8, 4) is 0 Å². The number of carbonyl (C=O) groups excluding carboxylic acids is 1. The lowest BCUT2D eigenvalue weighted by Gasteiger charge is -2.28. The van der Waals surface area contributed by atoms with E-state index in [2.05, 4.69) is 6.07 Å². The Balaban J connectivity index is 1.42. The highest BCUT2D eigenvalue weighted by Gasteiger charge is 2.32. The molecule has 2 aromatic rings. The van der Waals surface area contributed by atoms with Crippen molar-refractivity contribution in [1.82, 2.24) is 14.9 Å². The Bertz CT molecular complexity index is 678. The van der Waals surface area contributed by atoms with E-state index in [0.29, 0.717) is 13.0 Å². The molecule has 6 heteroatoms. The van der Waals surface area contributed by atoms with E-state index >= 15 is 0 Å². The van der Waals surface area contributed by atoms with Gasteiger partial charge in [0.1, 0.15) is 5.01 Å². The number of carbonyl (C=O) groups is 1. The molecule has 0 N–H and O–H groups in total. The Labute approximate surface area is 146 Å². The third-order valence-electron chi connectivity index (χ3n) is 4.82. The Kier molecular flexibility index (Phi) is 4.78. The second kappa shape index (κ2) is 7.17. The van der Waals surface area contributed by atoms with E-state index < -0.39 is 0 Å². The van der Waals surface area contributed by atoms with Crippen molar-refractivity contribution in [2.45, 2.75) is 38.1 Å². The lowest BCUT2D eigenvalue weighted by atomic mass is 10.2. The van der Waals surface area contributed by atoms with Crippen LogP contribution in [-0.2, 0) is 9.63 Å². The fourth-order valence-electron chi connectivity index (χ4n) is 3.54. The maximum absolute atomic E-state index is 12.7. The molecule has 1 aromatic carbocycles. The Hall–Kier alpha value is -1.50. The van der Waals surface area contributed by atoms with E-state index in [-0.39, 0.29) is 11.9 Å². The van der Waals surface area contributed by atoms with Gasteiger partial charge >= 0.3 is 0 Å². The summed E-state index contributed by atoms with van der Waals surface area (Å²) in [6.45, 7) is 3.27. The number of hydrogen-bond donors (Lipinski definition) is 0. The Morgan fingerprint density at radius 2 is 2.17 bits per heavy atom. The fraction of sp³-hybridized carbons (Fsp3) is 0.556. The quantitative estimate of drug-likeness (QED) is 0.852. The molecule has 0 unspecified atom stereocenters. The first kappa shape index (κ1) is 16.0. The number of benzene rings is 1. The summed E-state index contributed by atoms with van der Waals surface area (Å²) < 4.78 is 1.20. The highest BCUT2D eigenvalue weighted by Crippen LogP contribution is 2.36. The standard InChI is InChI=1S/C18H23N3O2S/c22-17(9-12-20-10-3-4-13-23-20)21-11-5-7-15(21)18-19-14-6-1-2-8-16(14)24-18/h1-2,6,8,15H,3-5,7,9-13H2/t15-/m1/s1. The molecule has 0 spiro atoms. The van der Waals surface area contributed by atoms with Gasteiger partial charge in [-0.2, -0.15) is 5.06 Å². The van der Waals surface area contributed by atoms with Crippen LogP contribution in [0.4, 0.5) is 0 Å². The summed E-state index contributed by atoms with van der Waals surface area (Å²) in [7, 11) is 0. The largest absolute Gasteiger partial charge is 0.333 e. The van der Waals surface area contributed by atoms with Gasteiger partial charge in [0.05, 0.1) is 22.9 Å². The first-order valence-electron chi connectivity index (χ1n) is 8.84. The zero-order valence-electron chi connectivity index (χ0n) is 13.8. The van der Waals surface area contributed by atoms with Crippen molar-refractivity contribution in [3.05, 3.63) is 29.3 Å². The van der Waals surface area contributed by atoms with Gasteiger partial charge in [0, 0.05) is 26.1 Å². The zero-order chi connectivity index (χ0) is 16.4. The van der Waals surface area contributed by atoms with Crippen LogP contribution in [0.15, 0.2) is 24.3 Å². The molecule has 2 fully saturated rings. The minimum absolute atomic E-state index is 0.150. The van der Waals surface area contributed by atoms with E-state index in [1.54, 1.807) is 11.3 Å². The molecule has 1 atom stereocenters. The summed E-state index contributed by atoms with van der Waals surface area (Å²) in [5.74, 6) is 0.228. The molecule has 24 heavy (non-hydrogen) atoms. The normalized spacial score (nSPS) is 22.3. The average Bonchev–Trinajstić information content (AvgIpc) is 3.26. The monoisotopic (exact) mass is 345 g/mol. The van der Waals surface area contributed by atoms with Gasteiger partial charge in [-0.15, -0.1) is 11.3 Å². The molecule has 0 bridgehead atoms. The number of likely N-dealkylation sites (tertiary alicyclic amines) is 1. The maximum atomic E-state index is 12.7. The zero-order valence-corrected chi connectivity index (χ0v) is 14.6. The molecule has 1 aromatic heterocycles. The van der Waals surface area contributed by atoms with E-state index in [0.717, 1.165) is 55.9 Å². The minimum Gasteiger partial charge on any atom is -0.333 e. The molecule has 2 aliphatic rings. The Morgan fingerprint density at radius 1 is 1.25 bits per heavy atom. The van der Waals surface area contributed by atoms with E-state index in [1.807, 2.05) is 28.2 Å². The summed E-state index contributed by atoms with van der Waals surface area (Å²) >= 11 is 1.72. The molecule has 5 nitrogen and oxygen atoms in total. The highest BCUT2D eigenvalue weighted by molar-refractivity contribution is 7.18. The van der Waals surface area contributed by atoms with Crippen molar-refractivity contribution in [2.24, 2.45) is 0 Å². The molecular formula is C18H23N3O2S. The number of hydrogen-bond acceptors (Lipinski definition) is 5. The molecule has 4 rings (SSSR count). The predicted octanol–water partition coefficient (Wildman–Crippen LogP) is 3.38. The molecule has 128 valence electrons. The first-order valence-corrected chi connectivity index (χ1v) is 9.66. The van der Waals surface area contributed by atoms with Gasteiger partial charge in [0.25, 0.3) is 0 Å². The van der Waals surface area contributed by atoms with E-state index in [9.17, 15) is 4.79 Å². The maximum Gasteiger partial charge on any atom is 0.224 e. The molecule has 2 aliphatic heterocycles. The lowest BCUT2D eigenvalue weighted by molar-refractivity contribution is -0.182. The molecule has 0 aliphatic carbocycles. The van der Waals surface area contributed by atoms with E-state index in [1.165, 1.54) is 4.70 Å². The summed E-state index contributed by atoms with van der Waals surface area (Å²) in [6.07, 6.45) is 4.89. The topological polar surface area (TPSA) is 45.7 Å². The second-order valence-electron chi connectivity index (χ2n) is 6.48. The Morgan fingerprint density at radius 3 is 3.00 bits per heavy atom. The van der Waals surface area contributed by atoms with Gasteiger partial charge in [0.2, 0.25) is 5.91 Å². The van der Waals surface area contributed by atoms with Crippen molar-refractivity contribution in [1.29, 1.82) is 0 Å². The van der Waals surface area contributed by atoms with Gasteiger partial charge in [-0.3, -0.25) is 9.63 Å². The van der Waals surface area contributed by atoms with Crippen molar-refractivity contribution in [3.63, 3.8) is 0 Å². The van der Waals surface area contributed by atoms with Crippen LogP contribution in [0.2, 0.25) is 0 Å². The SMILES string of the molecule is O=C(CCN1CCCCO1)N1CCC[C@@H]1c1nc2ccccc2s1. The number of thiazole rings is 1. The summed E-state index contributed by atoms with van der Waals surface area (Å²) in [5, 5.41) is 3.03. The molecule has 0 radical (unpaired) electrons. The third-order valence-corrected chi connectivity index (χ3v) is 5.96. The average molecular weight is 345 g/mol. The fourth-order valence-corrected chi connectivity index (χ4v) is 4.66. The van der Waals surface area contributed by atoms with Crippen LogP contribution in [0.25, 0.3) is 10.2 Å². The smallest absolute Gasteiger partial charge is 0.224 e. The van der Waals surface area contributed by atoms with Crippen LogP contribution in [0.5, 0.6) is 0 Å². The first-order chi connectivity index (χ1) is 11.8. The molecule has 0 saturated carbocycles. The predicted molar refractivity (Wildman–Crippen MR) is 94.7 cm³/mol. The summed E-state index contributed by atoms with van der Waals surface area (Å²) in [6, 6.07) is 8.36. The van der Waals surface area contributed by atoms with Crippen LogP contribution < -0.4 is 0 Å². The van der Waals surface area contributed by atoms with Gasteiger partial charge < -0.3 is 4.90 Å². The molecule has 3 heterocycles.